The van der Waals surface area contributed by atoms with E-state index in [2.05, 4.69) is 48.6 Å². The van der Waals surface area contributed by atoms with Crippen molar-refractivity contribution in [2.75, 3.05) is 11.9 Å². The predicted molar refractivity (Wildman–Crippen MR) is 89.2 cm³/mol. The summed E-state index contributed by atoms with van der Waals surface area (Å²) < 4.78 is 1.72. The van der Waals surface area contributed by atoms with Crippen LogP contribution in [0, 0.1) is 6.92 Å². The Morgan fingerprint density at radius 3 is 2.73 bits per heavy atom. The Balaban J connectivity index is 1.87. The van der Waals surface area contributed by atoms with Crippen molar-refractivity contribution in [1.82, 2.24) is 15.1 Å². The first-order valence-corrected chi connectivity index (χ1v) is 7.60. The van der Waals surface area contributed by atoms with Gasteiger partial charge in [-0.1, -0.05) is 38.1 Å². The molecule has 0 spiro atoms. The zero-order valence-electron chi connectivity index (χ0n) is 13.7. The third-order valence-electron chi connectivity index (χ3n) is 3.59. The molecule has 2 rings (SSSR count). The summed E-state index contributed by atoms with van der Waals surface area (Å²) in [5.74, 6) is 0.267. The number of anilines is 1. The van der Waals surface area contributed by atoms with E-state index in [0.29, 0.717) is 6.54 Å². The Morgan fingerprint density at radius 2 is 2.05 bits per heavy atom. The molecule has 0 radical (unpaired) electrons. The van der Waals surface area contributed by atoms with E-state index in [4.69, 9.17) is 0 Å². The molecule has 1 aromatic heterocycles. The fourth-order valence-electron chi connectivity index (χ4n) is 2.40. The molecule has 0 aliphatic carbocycles. The average molecular weight is 300 g/mol. The van der Waals surface area contributed by atoms with E-state index < -0.39 is 0 Å². The van der Waals surface area contributed by atoms with Gasteiger partial charge in [0.05, 0.1) is 11.4 Å². The number of nitrogens with one attached hydrogen (secondary N) is 2. The van der Waals surface area contributed by atoms with E-state index in [1.54, 1.807) is 4.68 Å². The molecule has 0 aliphatic heterocycles. The molecule has 0 bridgehead atoms. The van der Waals surface area contributed by atoms with Crippen LogP contribution >= 0.6 is 0 Å². The van der Waals surface area contributed by atoms with Crippen LogP contribution in [-0.4, -0.2) is 22.4 Å². The van der Waals surface area contributed by atoms with Gasteiger partial charge in [-0.2, -0.15) is 5.10 Å². The molecule has 5 nitrogen and oxygen atoms in total. The number of carbonyl (C=O) groups is 1. The van der Waals surface area contributed by atoms with Crippen LogP contribution in [0.4, 0.5) is 10.5 Å². The lowest BCUT2D eigenvalue weighted by Gasteiger charge is -2.10. The zero-order chi connectivity index (χ0) is 16.1. The quantitative estimate of drug-likeness (QED) is 0.890. The van der Waals surface area contributed by atoms with Gasteiger partial charge in [-0.15, -0.1) is 0 Å². The van der Waals surface area contributed by atoms with Crippen molar-refractivity contribution in [2.24, 2.45) is 7.05 Å². The van der Waals surface area contributed by atoms with E-state index >= 15 is 0 Å². The molecule has 0 aliphatic rings. The first-order valence-electron chi connectivity index (χ1n) is 7.60. The summed E-state index contributed by atoms with van der Waals surface area (Å²) in [7, 11) is 1.85. The normalized spacial score (nSPS) is 10.8. The summed E-state index contributed by atoms with van der Waals surface area (Å²) >= 11 is 0. The van der Waals surface area contributed by atoms with Crippen molar-refractivity contribution in [3.63, 3.8) is 0 Å². The van der Waals surface area contributed by atoms with E-state index in [1.165, 1.54) is 11.1 Å². The number of benzene rings is 1. The van der Waals surface area contributed by atoms with Crippen LogP contribution in [0.3, 0.4) is 0 Å². The lowest BCUT2D eigenvalue weighted by molar-refractivity contribution is 0.252. The van der Waals surface area contributed by atoms with Crippen molar-refractivity contribution in [3.8, 4) is 0 Å². The molecule has 118 valence electrons. The molecular formula is C17H24N4O. The van der Waals surface area contributed by atoms with Gasteiger partial charge in [-0.05, 0) is 30.4 Å². The van der Waals surface area contributed by atoms with Gasteiger partial charge in [0.25, 0.3) is 0 Å². The highest BCUT2D eigenvalue weighted by Gasteiger charge is 2.13. The highest BCUT2D eigenvalue weighted by molar-refractivity contribution is 5.89. The van der Waals surface area contributed by atoms with Crippen molar-refractivity contribution in [3.05, 3.63) is 47.3 Å². The third-order valence-corrected chi connectivity index (χ3v) is 3.59. The van der Waals surface area contributed by atoms with Gasteiger partial charge in [-0.3, -0.25) is 4.68 Å². The monoisotopic (exact) mass is 300 g/mol. The van der Waals surface area contributed by atoms with Crippen LogP contribution in [0.5, 0.6) is 0 Å². The van der Waals surface area contributed by atoms with Crippen LogP contribution in [0.25, 0.3) is 0 Å². The van der Waals surface area contributed by atoms with E-state index in [-0.39, 0.29) is 11.9 Å². The molecule has 22 heavy (non-hydrogen) atoms. The number of carbonyl (C=O) groups excluding carboxylic acids is 1. The van der Waals surface area contributed by atoms with Gasteiger partial charge < -0.3 is 10.6 Å². The molecule has 1 heterocycles. The number of amides is 2. The number of nitrogens with zero attached hydrogens (tertiary/aromatic N) is 2. The standard InChI is InChI=1S/C17H24N4O/c1-12(2)16-15(11-21(4)20-16)19-17(22)18-10-9-14-8-6-5-7-13(14)3/h5-8,11-12H,9-10H2,1-4H3,(H2,18,19,22). The Kier molecular flexibility index (Phi) is 5.20. The van der Waals surface area contributed by atoms with Gasteiger partial charge in [-0.25, -0.2) is 4.79 Å². The van der Waals surface area contributed by atoms with Crippen LogP contribution in [-0.2, 0) is 13.5 Å². The lowest BCUT2D eigenvalue weighted by Crippen LogP contribution is -2.30. The highest BCUT2D eigenvalue weighted by Crippen LogP contribution is 2.21. The summed E-state index contributed by atoms with van der Waals surface area (Å²) in [5.41, 5.74) is 4.17. The minimum atomic E-state index is -0.191. The Bertz CT molecular complexity index is 646. The molecule has 0 unspecified atom stereocenters. The topological polar surface area (TPSA) is 59.0 Å². The number of aromatic nitrogens is 2. The SMILES string of the molecule is Cc1ccccc1CCNC(=O)Nc1cn(C)nc1C(C)C. The molecule has 1 aromatic carbocycles. The van der Waals surface area contributed by atoms with Gasteiger partial charge in [0.1, 0.15) is 0 Å². The zero-order valence-corrected chi connectivity index (χ0v) is 13.7. The molecule has 0 saturated carbocycles. The predicted octanol–water partition coefficient (Wildman–Crippen LogP) is 3.22. The van der Waals surface area contributed by atoms with E-state index in [1.807, 2.05) is 25.4 Å². The molecular weight excluding hydrogens is 276 g/mol. The number of hydrogen-bond acceptors (Lipinski definition) is 2. The van der Waals surface area contributed by atoms with Gasteiger partial charge in [0, 0.05) is 19.8 Å². The molecule has 0 atom stereocenters. The summed E-state index contributed by atoms with van der Waals surface area (Å²) in [5, 5.41) is 10.2. The maximum Gasteiger partial charge on any atom is 0.319 e. The fourth-order valence-corrected chi connectivity index (χ4v) is 2.40. The van der Waals surface area contributed by atoms with Gasteiger partial charge in [0.15, 0.2) is 0 Å². The van der Waals surface area contributed by atoms with Crippen LogP contribution in [0.2, 0.25) is 0 Å². The molecule has 2 aromatic rings. The smallest absolute Gasteiger partial charge is 0.319 e. The number of aryl methyl sites for hydroxylation is 2. The minimum Gasteiger partial charge on any atom is -0.338 e. The Labute approximate surface area is 131 Å². The summed E-state index contributed by atoms with van der Waals surface area (Å²) in [6.45, 7) is 6.81. The lowest BCUT2D eigenvalue weighted by atomic mass is 10.1. The third kappa shape index (κ3) is 4.10. The van der Waals surface area contributed by atoms with Crippen molar-refractivity contribution < 1.29 is 4.79 Å². The molecule has 5 heteroatoms. The molecule has 0 fully saturated rings. The van der Waals surface area contributed by atoms with Crippen molar-refractivity contribution >= 4 is 11.7 Å². The molecule has 2 amide bonds. The van der Waals surface area contributed by atoms with Crippen molar-refractivity contribution in [2.45, 2.75) is 33.1 Å². The number of rotatable bonds is 5. The average Bonchev–Trinajstić information content (AvgIpc) is 2.82. The summed E-state index contributed by atoms with van der Waals surface area (Å²) in [6.07, 6.45) is 2.65. The maximum absolute atomic E-state index is 12.0. The maximum atomic E-state index is 12.0. The fraction of sp³-hybridized carbons (Fsp3) is 0.412. The largest absolute Gasteiger partial charge is 0.338 e. The first kappa shape index (κ1) is 16.1. The van der Waals surface area contributed by atoms with Gasteiger partial charge in [0.2, 0.25) is 0 Å². The molecule has 2 N–H and O–H groups in total. The number of urea groups is 1. The Morgan fingerprint density at radius 1 is 1.32 bits per heavy atom. The first-order chi connectivity index (χ1) is 10.5. The van der Waals surface area contributed by atoms with Crippen LogP contribution in [0.1, 0.15) is 36.6 Å². The van der Waals surface area contributed by atoms with Crippen molar-refractivity contribution in [1.29, 1.82) is 0 Å². The summed E-state index contributed by atoms with van der Waals surface area (Å²) in [4.78, 5) is 12.0. The second kappa shape index (κ2) is 7.11. The van der Waals surface area contributed by atoms with Crippen LogP contribution in [0.15, 0.2) is 30.5 Å². The van der Waals surface area contributed by atoms with E-state index in [0.717, 1.165) is 17.8 Å². The minimum absolute atomic E-state index is 0.191. The second-order valence-corrected chi connectivity index (χ2v) is 5.81. The molecule has 0 saturated heterocycles. The highest BCUT2D eigenvalue weighted by atomic mass is 16.2. The van der Waals surface area contributed by atoms with Crippen LogP contribution < -0.4 is 10.6 Å². The second-order valence-electron chi connectivity index (χ2n) is 5.81. The van der Waals surface area contributed by atoms with E-state index in [9.17, 15) is 4.79 Å². The Hall–Kier alpha value is -2.30. The summed E-state index contributed by atoms with van der Waals surface area (Å²) in [6, 6.07) is 8.03. The number of hydrogen-bond donors (Lipinski definition) is 2. The van der Waals surface area contributed by atoms with Gasteiger partial charge >= 0.3 is 6.03 Å².